The van der Waals surface area contributed by atoms with E-state index in [1.165, 1.54) is 411 Å². The molecule has 3 N–H and O–H groups in total. The normalized spacial score (nSPS) is 12.6. The minimum atomic E-state index is -0.842. The van der Waals surface area contributed by atoms with Crippen LogP contribution in [-0.2, 0) is 14.3 Å². The summed E-state index contributed by atoms with van der Waals surface area (Å²) in [6, 6.07) is -0.625. The molecule has 0 aromatic rings. The van der Waals surface area contributed by atoms with Crippen LogP contribution in [0.15, 0.2) is 36.5 Å². The van der Waals surface area contributed by atoms with Crippen molar-refractivity contribution in [3.05, 3.63) is 36.5 Å². The van der Waals surface area contributed by atoms with Crippen LogP contribution in [0.3, 0.4) is 0 Å². The van der Waals surface area contributed by atoms with Crippen LogP contribution in [0.2, 0.25) is 0 Å². The highest BCUT2D eigenvalue weighted by molar-refractivity contribution is 5.76. The van der Waals surface area contributed by atoms with Crippen LogP contribution in [0, 0.1) is 0 Å². The largest absolute Gasteiger partial charge is 0.466 e. The number of aliphatic hydroxyl groups excluding tert-OH is 2. The number of unbranched alkanes of at least 4 members (excludes halogenated alkanes) is 67. The molecular weight excluding hydrogens is 1150 g/mol. The van der Waals surface area contributed by atoms with Crippen molar-refractivity contribution < 1.29 is 24.5 Å². The first-order chi connectivity index (χ1) is 46.5. The van der Waals surface area contributed by atoms with Crippen molar-refractivity contribution in [2.24, 2.45) is 0 Å². The molecule has 0 bridgehead atoms. The highest BCUT2D eigenvalue weighted by atomic mass is 16.5. The quantitative estimate of drug-likeness (QED) is 0.0320. The lowest BCUT2D eigenvalue weighted by Crippen LogP contribution is -2.45. The highest BCUT2D eigenvalue weighted by Gasteiger charge is 2.18. The van der Waals surface area contributed by atoms with Gasteiger partial charge in [-0.25, -0.2) is 0 Å². The number of esters is 1. The second-order valence-electron chi connectivity index (χ2n) is 29.9. The van der Waals surface area contributed by atoms with Gasteiger partial charge in [0, 0.05) is 12.8 Å². The zero-order valence-corrected chi connectivity index (χ0v) is 64.0. The lowest BCUT2D eigenvalue weighted by Gasteiger charge is -2.20. The van der Waals surface area contributed by atoms with E-state index >= 15 is 0 Å². The van der Waals surface area contributed by atoms with Gasteiger partial charge in [-0.2, -0.15) is 0 Å². The lowest BCUT2D eigenvalue weighted by molar-refractivity contribution is -0.143. The molecule has 0 aromatic heterocycles. The van der Waals surface area contributed by atoms with Crippen molar-refractivity contribution in [3.8, 4) is 0 Å². The summed E-state index contributed by atoms with van der Waals surface area (Å²) in [4.78, 5) is 24.6. The molecule has 0 saturated carbocycles. The molecular formula is C88H169NO5. The van der Waals surface area contributed by atoms with Crippen LogP contribution < -0.4 is 5.32 Å². The number of amides is 1. The molecule has 2 unspecified atom stereocenters. The van der Waals surface area contributed by atoms with E-state index in [-0.39, 0.29) is 18.5 Å². The van der Waals surface area contributed by atoms with Gasteiger partial charge in [-0.05, 0) is 57.8 Å². The number of carbonyl (C=O) groups is 2. The third-order valence-electron chi connectivity index (χ3n) is 20.4. The molecule has 94 heavy (non-hydrogen) atoms. The molecule has 0 fully saturated rings. The van der Waals surface area contributed by atoms with Gasteiger partial charge in [-0.15, -0.1) is 0 Å². The summed E-state index contributed by atoms with van der Waals surface area (Å²) in [6.45, 7) is 4.91. The predicted molar refractivity (Wildman–Crippen MR) is 416 cm³/mol. The number of nitrogens with one attached hydrogen (secondary N) is 1. The maximum Gasteiger partial charge on any atom is 0.305 e. The number of rotatable bonds is 82. The first-order valence-electron chi connectivity index (χ1n) is 43.3. The number of hydrogen-bond donors (Lipinski definition) is 3. The number of hydrogen-bond acceptors (Lipinski definition) is 5. The highest BCUT2D eigenvalue weighted by Crippen LogP contribution is 2.21. The summed E-state index contributed by atoms with van der Waals surface area (Å²) in [7, 11) is 0. The Balaban J connectivity index is 3.32. The van der Waals surface area contributed by atoms with Gasteiger partial charge in [-0.3, -0.25) is 9.59 Å². The molecule has 0 radical (unpaired) electrons. The van der Waals surface area contributed by atoms with Crippen molar-refractivity contribution in [2.75, 3.05) is 13.2 Å². The standard InChI is InChI=1S/C88H169NO5/c1-3-5-7-9-11-13-15-17-19-20-21-22-23-41-44-47-50-53-56-60-64-68-72-76-80-86(91)85(84-90)89-87(92)81-77-73-69-65-61-57-54-51-48-45-42-39-37-35-33-31-29-27-25-24-26-28-30-32-34-36-38-40-43-46-49-52-55-59-63-67-71-75-79-83-94-88(93)82-78-74-70-66-62-58-18-16-14-12-10-8-6-4-2/h10,12,16,18,76,80,85-86,90-91H,3-9,11,13-15,17,19-75,77-79,81-84H2,1-2H3,(H,89,92)/b12-10-,18-16-,80-76+. The fourth-order valence-corrected chi connectivity index (χ4v) is 13.8. The fourth-order valence-electron chi connectivity index (χ4n) is 13.8. The summed E-state index contributed by atoms with van der Waals surface area (Å²) in [6.07, 6.45) is 110. The number of aliphatic hydroxyl groups is 2. The molecule has 0 aliphatic heterocycles. The van der Waals surface area contributed by atoms with Gasteiger partial charge >= 0.3 is 5.97 Å². The van der Waals surface area contributed by atoms with E-state index in [1.54, 1.807) is 6.08 Å². The second kappa shape index (κ2) is 83.5. The van der Waals surface area contributed by atoms with Gasteiger partial charge in [0.05, 0.1) is 25.4 Å². The Labute approximate surface area is 589 Å². The molecule has 0 rings (SSSR count). The van der Waals surface area contributed by atoms with Crippen LogP contribution >= 0.6 is 0 Å². The van der Waals surface area contributed by atoms with Crippen LogP contribution in [0.5, 0.6) is 0 Å². The van der Waals surface area contributed by atoms with Crippen LogP contribution in [0.25, 0.3) is 0 Å². The Morgan fingerprint density at radius 1 is 0.298 bits per heavy atom. The summed E-state index contributed by atoms with van der Waals surface area (Å²) in [5.41, 5.74) is 0. The fraction of sp³-hybridized carbons (Fsp3) is 0.909. The summed E-state index contributed by atoms with van der Waals surface area (Å²) in [5, 5.41) is 23.3. The maximum atomic E-state index is 12.6. The molecule has 0 aliphatic rings. The first kappa shape index (κ1) is 92.1. The van der Waals surface area contributed by atoms with Gasteiger partial charge in [0.1, 0.15) is 0 Å². The summed E-state index contributed by atoms with van der Waals surface area (Å²) in [5.74, 6) is -0.0464. The summed E-state index contributed by atoms with van der Waals surface area (Å²) < 4.78 is 5.49. The monoisotopic (exact) mass is 1320 g/mol. The predicted octanol–water partition coefficient (Wildman–Crippen LogP) is 28.9. The molecule has 0 heterocycles. The van der Waals surface area contributed by atoms with Crippen LogP contribution in [0.1, 0.15) is 489 Å². The van der Waals surface area contributed by atoms with E-state index in [0.29, 0.717) is 19.4 Å². The third kappa shape index (κ3) is 79.1. The Bertz CT molecular complexity index is 1520. The second-order valence-corrected chi connectivity index (χ2v) is 29.9. The van der Waals surface area contributed by atoms with Crippen molar-refractivity contribution in [2.45, 2.75) is 501 Å². The molecule has 0 aliphatic carbocycles. The van der Waals surface area contributed by atoms with E-state index in [4.69, 9.17) is 4.74 Å². The Kier molecular flexibility index (Phi) is 81.8. The molecule has 0 aromatic carbocycles. The smallest absolute Gasteiger partial charge is 0.305 e. The van der Waals surface area contributed by atoms with Gasteiger partial charge in [0.2, 0.25) is 5.91 Å². The van der Waals surface area contributed by atoms with Crippen molar-refractivity contribution in [3.63, 3.8) is 0 Å². The molecule has 1 amide bonds. The van der Waals surface area contributed by atoms with E-state index in [1.807, 2.05) is 6.08 Å². The van der Waals surface area contributed by atoms with E-state index < -0.39 is 12.1 Å². The van der Waals surface area contributed by atoms with Gasteiger partial charge in [0.25, 0.3) is 0 Å². The Morgan fingerprint density at radius 2 is 0.543 bits per heavy atom. The molecule has 0 saturated heterocycles. The zero-order chi connectivity index (χ0) is 67.7. The first-order valence-corrected chi connectivity index (χ1v) is 43.3. The molecule has 6 nitrogen and oxygen atoms in total. The number of carbonyl (C=O) groups excluding carboxylic acids is 2. The van der Waals surface area contributed by atoms with E-state index in [9.17, 15) is 19.8 Å². The average Bonchev–Trinajstić information content (AvgIpc) is 3.59. The van der Waals surface area contributed by atoms with Crippen molar-refractivity contribution in [1.82, 2.24) is 5.32 Å². The molecule has 2 atom stereocenters. The number of allylic oxidation sites excluding steroid dienone is 5. The molecule has 0 spiro atoms. The topological polar surface area (TPSA) is 95.9 Å². The van der Waals surface area contributed by atoms with Gasteiger partial charge < -0.3 is 20.3 Å². The van der Waals surface area contributed by atoms with E-state index in [0.717, 1.165) is 51.4 Å². The van der Waals surface area contributed by atoms with Gasteiger partial charge in [0.15, 0.2) is 0 Å². The molecule has 6 heteroatoms. The zero-order valence-electron chi connectivity index (χ0n) is 64.0. The SMILES string of the molecule is CCCC/C=C\C/C=C\CCCCCCCC(=O)OCCCCCCCCCCCCCCCCCCCCCCCCCCCCCCCCCCCCCCCCCC(=O)NC(CO)C(O)/C=C/CCCCCCCCCCCCCCCCCCCCCCCC. The Hall–Kier alpha value is -1.92. The lowest BCUT2D eigenvalue weighted by atomic mass is 10.0. The minimum Gasteiger partial charge on any atom is -0.466 e. The number of ether oxygens (including phenoxy) is 1. The van der Waals surface area contributed by atoms with Crippen LogP contribution in [-0.4, -0.2) is 47.4 Å². The van der Waals surface area contributed by atoms with Crippen molar-refractivity contribution in [1.29, 1.82) is 0 Å². The van der Waals surface area contributed by atoms with Crippen LogP contribution in [0.4, 0.5) is 0 Å². The minimum absolute atomic E-state index is 0.00992. The maximum absolute atomic E-state index is 12.6. The third-order valence-corrected chi connectivity index (χ3v) is 20.4. The summed E-state index contributed by atoms with van der Waals surface area (Å²) >= 11 is 0. The van der Waals surface area contributed by atoms with Crippen molar-refractivity contribution >= 4 is 11.9 Å². The van der Waals surface area contributed by atoms with Gasteiger partial charge in [-0.1, -0.05) is 455 Å². The average molecular weight is 1320 g/mol. The Morgan fingerprint density at radius 3 is 0.840 bits per heavy atom. The molecule has 556 valence electrons. The van der Waals surface area contributed by atoms with E-state index in [2.05, 4.69) is 43.5 Å².